The van der Waals surface area contributed by atoms with E-state index in [1.165, 1.54) is 18.3 Å². The van der Waals surface area contributed by atoms with Crippen LogP contribution in [0.15, 0.2) is 54.7 Å². The van der Waals surface area contributed by atoms with E-state index in [4.69, 9.17) is 14.7 Å². The topological polar surface area (TPSA) is 85.9 Å². The SMILES string of the molecule is N#Cc1ccc2c(c1)nc1n2C[C@@H](COc2ccc(-c3cccc(C(F)(F)F)n3)nc2)O1. The second-order valence-electron chi connectivity index (χ2n) is 7.16. The number of nitrogens with zero attached hydrogens (tertiary/aromatic N) is 5. The van der Waals surface area contributed by atoms with Gasteiger partial charge in [-0.1, -0.05) is 6.07 Å². The lowest BCUT2D eigenvalue weighted by molar-refractivity contribution is -0.141. The Labute approximate surface area is 179 Å². The van der Waals surface area contributed by atoms with Crippen molar-refractivity contribution in [3.8, 4) is 29.2 Å². The maximum Gasteiger partial charge on any atom is 0.433 e. The van der Waals surface area contributed by atoms with Gasteiger partial charge in [0.05, 0.1) is 46.8 Å². The standard InChI is InChI=1S/C22H14F3N5O2/c23-22(24,25)20-3-1-2-17(28-20)16-6-5-14(10-27-16)31-12-15-11-30-19-7-4-13(9-26)8-18(19)29-21(30)32-15/h1-8,10,15H,11-12H2/t15-/m0/s1. The van der Waals surface area contributed by atoms with Crippen molar-refractivity contribution in [3.05, 3.63) is 66.0 Å². The minimum Gasteiger partial charge on any atom is -0.488 e. The van der Waals surface area contributed by atoms with Gasteiger partial charge in [-0.15, -0.1) is 0 Å². The first-order valence-corrected chi connectivity index (χ1v) is 9.61. The fourth-order valence-corrected chi connectivity index (χ4v) is 3.46. The molecule has 3 aromatic heterocycles. The van der Waals surface area contributed by atoms with Crippen LogP contribution in [0.25, 0.3) is 22.4 Å². The third-order valence-electron chi connectivity index (χ3n) is 4.97. The Kier molecular flexibility index (Phi) is 4.66. The van der Waals surface area contributed by atoms with Crippen LogP contribution in [-0.2, 0) is 12.7 Å². The summed E-state index contributed by atoms with van der Waals surface area (Å²) in [6.07, 6.45) is -3.34. The van der Waals surface area contributed by atoms with E-state index in [0.717, 1.165) is 11.6 Å². The van der Waals surface area contributed by atoms with Gasteiger partial charge in [0.2, 0.25) is 0 Å². The molecule has 0 bridgehead atoms. The number of rotatable bonds is 4. The van der Waals surface area contributed by atoms with Crippen molar-refractivity contribution >= 4 is 11.0 Å². The molecule has 1 aromatic carbocycles. The molecule has 0 aliphatic carbocycles. The number of halogens is 3. The van der Waals surface area contributed by atoms with Crippen LogP contribution < -0.4 is 9.47 Å². The van der Waals surface area contributed by atoms with Crippen LogP contribution in [0.4, 0.5) is 13.2 Å². The van der Waals surface area contributed by atoms with Gasteiger partial charge in [0, 0.05) is 0 Å². The highest BCUT2D eigenvalue weighted by Crippen LogP contribution is 2.30. The first kappa shape index (κ1) is 19.8. The molecule has 0 unspecified atom stereocenters. The van der Waals surface area contributed by atoms with Crippen molar-refractivity contribution < 1.29 is 22.6 Å². The Morgan fingerprint density at radius 2 is 2.00 bits per heavy atom. The Morgan fingerprint density at radius 3 is 2.75 bits per heavy atom. The van der Waals surface area contributed by atoms with E-state index >= 15 is 0 Å². The first-order chi connectivity index (χ1) is 15.4. The summed E-state index contributed by atoms with van der Waals surface area (Å²) < 4.78 is 52.1. The number of fused-ring (bicyclic) bond motifs is 3. The lowest BCUT2D eigenvalue weighted by Crippen LogP contribution is -2.23. The zero-order valence-corrected chi connectivity index (χ0v) is 16.4. The Bertz CT molecular complexity index is 1340. The molecule has 0 saturated carbocycles. The molecular formula is C22H14F3N5O2. The highest BCUT2D eigenvalue weighted by molar-refractivity contribution is 5.78. The Morgan fingerprint density at radius 1 is 1.12 bits per heavy atom. The summed E-state index contributed by atoms with van der Waals surface area (Å²) in [6.45, 7) is 0.779. The van der Waals surface area contributed by atoms with Gasteiger partial charge in [-0.2, -0.15) is 23.4 Å². The van der Waals surface area contributed by atoms with E-state index in [2.05, 4.69) is 21.0 Å². The fraction of sp³-hybridized carbons (Fsp3) is 0.182. The number of alkyl halides is 3. The molecule has 160 valence electrons. The van der Waals surface area contributed by atoms with Crippen LogP contribution in [0.2, 0.25) is 0 Å². The van der Waals surface area contributed by atoms with Gasteiger partial charge in [-0.05, 0) is 42.5 Å². The maximum absolute atomic E-state index is 12.9. The summed E-state index contributed by atoms with van der Waals surface area (Å²) >= 11 is 0. The van der Waals surface area contributed by atoms with E-state index in [-0.39, 0.29) is 18.4 Å². The maximum atomic E-state index is 12.9. The van der Waals surface area contributed by atoms with E-state index in [1.807, 2.05) is 10.6 Å². The van der Waals surface area contributed by atoms with E-state index < -0.39 is 11.9 Å². The van der Waals surface area contributed by atoms with Crippen LogP contribution in [0.3, 0.4) is 0 Å². The summed E-state index contributed by atoms with van der Waals surface area (Å²) in [7, 11) is 0. The average Bonchev–Trinajstić information content (AvgIpc) is 3.34. The summed E-state index contributed by atoms with van der Waals surface area (Å²) in [5.41, 5.74) is 1.57. The molecule has 10 heteroatoms. The predicted octanol–water partition coefficient (Wildman–Crippen LogP) is 4.22. The normalized spacial score (nSPS) is 15.2. The monoisotopic (exact) mass is 437 g/mol. The van der Waals surface area contributed by atoms with Crippen molar-refractivity contribution in [2.45, 2.75) is 18.8 Å². The van der Waals surface area contributed by atoms with Gasteiger partial charge in [-0.25, -0.2) is 4.98 Å². The number of hydrogen-bond donors (Lipinski definition) is 0. The third kappa shape index (κ3) is 3.69. The lowest BCUT2D eigenvalue weighted by atomic mass is 10.2. The molecule has 32 heavy (non-hydrogen) atoms. The second kappa shape index (κ2) is 7.53. The van der Waals surface area contributed by atoms with Crippen LogP contribution >= 0.6 is 0 Å². The molecule has 1 aliphatic rings. The predicted molar refractivity (Wildman–Crippen MR) is 107 cm³/mol. The van der Waals surface area contributed by atoms with Crippen molar-refractivity contribution in [2.24, 2.45) is 0 Å². The van der Waals surface area contributed by atoms with Crippen molar-refractivity contribution in [1.29, 1.82) is 5.26 Å². The van der Waals surface area contributed by atoms with E-state index in [9.17, 15) is 13.2 Å². The average molecular weight is 437 g/mol. The van der Waals surface area contributed by atoms with Crippen LogP contribution in [-0.4, -0.2) is 32.2 Å². The summed E-state index contributed by atoms with van der Waals surface area (Å²) in [4.78, 5) is 12.2. The van der Waals surface area contributed by atoms with Crippen molar-refractivity contribution in [3.63, 3.8) is 0 Å². The molecule has 0 saturated heterocycles. The molecule has 4 aromatic rings. The molecule has 5 rings (SSSR count). The van der Waals surface area contributed by atoms with Crippen molar-refractivity contribution in [2.75, 3.05) is 6.61 Å². The second-order valence-corrected chi connectivity index (χ2v) is 7.16. The number of nitriles is 1. The van der Waals surface area contributed by atoms with Gasteiger partial charge in [0.15, 0.2) is 6.10 Å². The minimum atomic E-state index is -4.52. The van der Waals surface area contributed by atoms with Gasteiger partial charge in [0.1, 0.15) is 18.1 Å². The van der Waals surface area contributed by atoms with Crippen molar-refractivity contribution in [1.82, 2.24) is 19.5 Å². The minimum absolute atomic E-state index is 0.127. The third-order valence-corrected chi connectivity index (χ3v) is 4.97. The van der Waals surface area contributed by atoms with Crippen LogP contribution in [0.1, 0.15) is 11.3 Å². The zero-order valence-electron chi connectivity index (χ0n) is 16.4. The Hall–Kier alpha value is -4.13. The number of hydrogen-bond acceptors (Lipinski definition) is 6. The molecule has 0 spiro atoms. The van der Waals surface area contributed by atoms with Gasteiger partial charge in [0.25, 0.3) is 6.01 Å². The van der Waals surface area contributed by atoms with Crippen LogP contribution in [0.5, 0.6) is 11.8 Å². The Balaban J connectivity index is 1.24. The van der Waals surface area contributed by atoms with Gasteiger partial charge in [-0.3, -0.25) is 9.55 Å². The summed E-state index contributed by atoms with van der Waals surface area (Å²) in [5.74, 6) is 0.456. The molecule has 7 nitrogen and oxygen atoms in total. The molecule has 0 N–H and O–H groups in total. The molecule has 0 fully saturated rings. The largest absolute Gasteiger partial charge is 0.488 e. The quantitative estimate of drug-likeness (QED) is 0.475. The number of ether oxygens (including phenoxy) is 2. The lowest BCUT2D eigenvalue weighted by Gasteiger charge is -2.12. The van der Waals surface area contributed by atoms with E-state index in [1.54, 1.807) is 24.3 Å². The summed E-state index contributed by atoms with van der Waals surface area (Å²) in [6, 6.07) is 14.7. The van der Waals surface area contributed by atoms with Crippen LogP contribution in [0, 0.1) is 11.3 Å². The smallest absolute Gasteiger partial charge is 0.433 e. The number of imidazole rings is 1. The summed E-state index contributed by atoms with van der Waals surface area (Å²) in [5, 5.41) is 9.00. The zero-order chi connectivity index (χ0) is 22.3. The highest BCUT2D eigenvalue weighted by Gasteiger charge is 2.32. The van der Waals surface area contributed by atoms with Gasteiger partial charge < -0.3 is 9.47 Å². The number of pyridine rings is 2. The highest BCUT2D eigenvalue weighted by atomic mass is 19.4. The molecule has 1 atom stereocenters. The molecule has 1 aliphatic heterocycles. The fourth-order valence-electron chi connectivity index (χ4n) is 3.46. The molecule has 4 heterocycles. The first-order valence-electron chi connectivity index (χ1n) is 9.61. The molecule has 0 radical (unpaired) electrons. The number of aromatic nitrogens is 4. The number of benzene rings is 1. The molecular weight excluding hydrogens is 423 g/mol. The van der Waals surface area contributed by atoms with Gasteiger partial charge >= 0.3 is 6.18 Å². The van der Waals surface area contributed by atoms with E-state index in [0.29, 0.717) is 35.1 Å². The molecule has 0 amide bonds.